The van der Waals surface area contributed by atoms with Crippen LogP contribution in [0.5, 0.6) is 0 Å². The van der Waals surface area contributed by atoms with Crippen LogP contribution in [-0.2, 0) is 14.3 Å². The number of unbranched alkanes of at least 4 members (excludes halogenated alkanes) is 2. The summed E-state index contributed by atoms with van der Waals surface area (Å²) in [6.07, 6.45) is 15.6. The monoisotopic (exact) mass is 378 g/mol. The van der Waals surface area contributed by atoms with Gasteiger partial charge in [0.15, 0.2) is 5.78 Å². The van der Waals surface area contributed by atoms with Gasteiger partial charge in [-0.1, -0.05) is 44.4 Å². The number of cyclic esters (lactones) is 1. The third-order valence-electron chi connectivity index (χ3n) is 7.85. The van der Waals surface area contributed by atoms with Crippen LogP contribution >= 0.6 is 0 Å². The quantitative estimate of drug-likeness (QED) is 0.473. The zero-order valence-corrected chi connectivity index (χ0v) is 17.1. The number of carbonyl (C=O) groups is 2. The lowest BCUT2D eigenvalue weighted by molar-refractivity contribution is -0.135. The van der Waals surface area contributed by atoms with Gasteiger partial charge >= 0.3 is 5.97 Å². The molecule has 6 rings (SSSR count). The number of fused-ring (bicyclic) bond motifs is 1. The number of esters is 1. The molecule has 148 valence electrons. The molecule has 1 aliphatic heterocycles. The van der Waals surface area contributed by atoms with E-state index in [1.165, 1.54) is 5.57 Å². The SMILES string of the molecule is CCC/C=C1/OC(=O)C2=C1CC[C@H]1C3C=C4C(=O)C/C(=C\CCC)C4(CC3)C21. The van der Waals surface area contributed by atoms with E-state index >= 15 is 0 Å². The smallest absolute Gasteiger partial charge is 0.340 e. The summed E-state index contributed by atoms with van der Waals surface area (Å²) in [7, 11) is 0. The van der Waals surface area contributed by atoms with Crippen LogP contribution in [0.1, 0.15) is 71.6 Å². The zero-order chi connectivity index (χ0) is 19.5. The predicted molar refractivity (Wildman–Crippen MR) is 108 cm³/mol. The van der Waals surface area contributed by atoms with Crippen LogP contribution in [0.3, 0.4) is 0 Å². The molecule has 3 heteroatoms. The first-order valence-electron chi connectivity index (χ1n) is 11.2. The summed E-state index contributed by atoms with van der Waals surface area (Å²) >= 11 is 0. The number of ketones is 1. The standard InChI is InChI=1S/C25H30O3/c1-3-5-7-16-14-20(26)19-13-15-11-12-25(16,19)23-17(15)9-10-18-21(8-6-4-2)28-24(27)22(18)23/h7-8,13,15,17,23H,3-6,9-12,14H2,1-2H3/b16-7+,21-8+/t15?,17-,23?,25?/m0/s1. The molecule has 0 aromatic rings. The fourth-order valence-corrected chi connectivity index (χ4v) is 6.76. The second-order valence-corrected chi connectivity index (χ2v) is 9.19. The molecule has 2 saturated carbocycles. The normalized spacial score (nSPS) is 38.6. The number of hydrogen-bond acceptors (Lipinski definition) is 3. The molecule has 2 bridgehead atoms. The number of carbonyl (C=O) groups excluding carboxylic acids is 2. The molecular formula is C25H30O3. The average Bonchev–Trinajstić information content (AvgIpc) is 3.19. The maximum Gasteiger partial charge on any atom is 0.340 e. The van der Waals surface area contributed by atoms with Crippen molar-refractivity contribution in [3.63, 3.8) is 0 Å². The van der Waals surface area contributed by atoms with E-state index in [9.17, 15) is 9.59 Å². The van der Waals surface area contributed by atoms with E-state index < -0.39 is 0 Å². The molecule has 1 heterocycles. The third kappa shape index (κ3) is 2.28. The number of ether oxygens (including phenoxy) is 1. The van der Waals surface area contributed by atoms with Crippen molar-refractivity contribution in [2.24, 2.45) is 23.2 Å². The van der Waals surface area contributed by atoms with Crippen molar-refractivity contribution in [2.75, 3.05) is 0 Å². The molecule has 6 aliphatic rings. The Labute approximate surface area is 167 Å². The topological polar surface area (TPSA) is 43.4 Å². The number of Topliss-reactive ketones (excluding diaryl/α,β-unsaturated/α-hetero) is 1. The summed E-state index contributed by atoms with van der Waals surface area (Å²) in [4.78, 5) is 26.0. The first-order valence-corrected chi connectivity index (χ1v) is 11.2. The van der Waals surface area contributed by atoms with Gasteiger partial charge in [0, 0.05) is 34.5 Å². The summed E-state index contributed by atoms with van der Waals surface area (Å²) in [6, 6.07) is 0. The van der Waals surface area contributed by atoms with E-state index in [-0.39, 0.29) is 17.3 Å². The van der Waals surface area contributed by atoms with Gasteiger partial charge in [0.25, 0.3) is 0 Å². The van der Waals surface area contributed by atoms with Crippen molar-refractivity contribution in [1.29, 1.82) is 0 Å². The first kappa shape index (κ1) is 18.1. The zero-order valence-electron chi connectivity index (χ0n) is 17.1. The van der Waals surface area contributed by atoms with Crippen LogP contribution in [0.2, 0.25) is 0 Å². The average molecular weight is 379 g/mol. The Balaban J connectivity index is 1.68. The maximum absolute atomic E-state index is 13.1. The lowest BCUT2D eigenvalue weighted by Gasteiger charge is -2.56. The lowest BCUT2D eigenvalue weighted by Crippen LogP contribution is -2.50. The summed E-state index contributed by atoms with van der Waals surface area (Å²) in [5, 5.41) is 0. The Hall–Kier alpha value is -1.90. The highest BCUT2D eigenvalue weighted by atomic mass is 16.5. The molecule has 4 atom stereocenters. The molecule has 0 radical (unpaired) electrons. The van der Waals surface area contributed by atoms with Gasteiger partial charge in [-0.3, -0.25) is 4.79 Å². The van der Waals surface area contributed by atoms with Crippen LogP contribution in [-0.4, -0.2) is 11.8 Å². The molecule has 3 unspecified atom stereocenters. The van der Waals surface area contributed by atoms with Gasteiger partial charge < -0.3 is 4.74 Å². The van der Waals surface area contributed by atoms with E-state index in [0.29, 0.717) is 24.0 Å². The Morgan fingerprint density at radius 3 is 2.71 bits per heavy atom. The summed E-state index contributed by atoms with van der Waals surface area (Å²) < 4.78 is 5.78. The van der Waals surface area contributed by atoms with Crippen LogP contribution in [0.15, 0.2) is 46.3 Å². The lowest BCUT2D eigenvalue weighted by atomic mass is 9.46. The highest BCUT2D eigenvalue weighted by molar-refractivity contribution is 6.05. The summed E-state index contributed by atoms with van der Waals surface area (Å²) in [5.41, 5.74) is 4.17. The molecule has 0 aromatic carbocycles. The Kier molecular flexibility index (Phi) is 4.26. The van der Waals surface area contributed by atoms with E-state index in [2.05, 4.69) is 32.1 Å². The molecule has 0 amide bonds. The van der Waals surface area contributed by atoms with Crippen molar-refractivity contribution >= 4 is 11.8 Å². The number of allylic oxidation sites excluding steroid dienone is 6. The van der Waals surface area contributed by atoms with Gasteiger partial charge in [-0.05, 0) is 56.4 Å². The summed E-state index contributed by atoms with van der Waals surface area (Å²) in [6.45, 7) is 4.33. The van der Waals surface area contributed by atoms with Crippen molar-refractivity contribution in [3.05, 3.63) is 46.3 Å². The second-order valence-electron chi connectivity index (χ2n) is 9.19. The second kappa shape index (κ2) is 6.57. The van der Waals surface area contributed by atoms with Crippen molar-refractivity contribution < 1.29 is 14.3 Å². The van der Waals surface area contributed by atoms with E-state index in [1.54, 1.807) is 0 Å². The van der Waals surface area contributed by atoms with Crippen molar-refractivity contribution in [1.82, 2.24) is 0 Å². The van der Waals surface area contributed by atoms with E-state index in [1.807, 2.05) is 0 Å². The molecule has 5 aliphatic carbocycles. The van der Waals surface area contributed by atoms with Gasteiger partial charge in [0.2, 0.25) is 0 Å². The maximum atomic E-state index is 13.1. The number of hydrogen-bond donors (Lipinski definition) is 0. The highest BCUT2D eigenvalue weighted by Gasteiger charge is 2.64. The van der Waals surface area contributed by atoms with Crippen LogP contribution in [0.4, 0.5) is 0 Å². The molecule has 0 aromatic heterocycles. The highest BCUT2D eigenvalue weighted by Crippen LogP contribution is 2.69. The van der Waals surface area contributed by atoms with Crippen LogP contribution in [0, 0.1) is 23.2 Å². The molecule has 1 spiro atoms. The Bertz CT molecular complexity index is 868. The van der Waals surface area contributed by atoms with Gasteiger partial charge in [0.1, 0.15) is 5.76 Å². The fraction of sp³-hybridized carbons (Fsp3) is 0.600. The molecular weight excluding hydrogens is 348 g/mol. The molecule has 2 fully saturated rings. The van der Waals surface area contributed by atoms with Gasteiger partial charge in [-0.25, -0.2) is 4.79 Å². The first-order chi connectivity index (χ1) is 13.6. The minimum Gasteiger partial charge on any atom is -0.423 e. The van der Waals surface area contributed by atoms with E-state index in [0.717, 1.165) is 73.8 Å². The molecule has 3 nitrogen and oxygen atoms in total. The molecule has 0 N–H and O–H groups in total. The van der Waals surface area contributed by atoms with Crippen LogP contribution < -0.4 is 0 Å². The third-order valence-corrected chi connectivity index (χ3v) is 7.85. The Morgan fingerprint density at radius 1 is 1.14 bits per heavy atom. The molecule has 28 heavy (non-hydrogen) atoms. The predicted octanol–water partition coefficient (Wildman–Crippen LogP) is 5.59. The molecule has 0 saturated heterocycles. The number of rotatable bonds is 4. The fourth-order valence-electron chi connectivity index (χ4n) is 6.76. The van der Waals surface area contributed by atoms with Gasteiger partial charge in [0.05, 0.1) is 0 Å². The van der Waals surface area contributed by atoms with Gasteiger partial charge in [-0.2, -0.15) is 0 Å². The minimum atomic E-state index is -0.230. The van der Waals surface area contributed by atoms with Crippen LogP contribution in [0.25, 0.3) is 0 Å². The van der Waals surface area contributed by atoms with Crippen molar-refractivity contribution in [3.8, 4) is 0 Å². The summed E-state index contributed by atoms with van der Waals surface area (Å²) in [5.74, 6) is 2.04. The van der Waals surface area contributed by atoms with Crippen molar-refractivity contribution in [2.45, 2.75) is 71.6 Å². The van der Waals surface area contributed by atoms with E-state index in [4.69, 9.17) is 4.74 Å². The Morgan fingerprint density at radius 2 is 1.93 bits per heavy atom. The minimum absolute atomic E-state index is 0.137. The van der Waals surface area contributed by atoms with Gasteiger partial charge in [-0.15, -0.1) is 0 Å². The largest absolute Gasteiger partial charge is 0.423 e.